The zero-order chi connectivity index (χ0) is 17.5. The molecule has 0 bridgehead atoms. The van der Waals surface area contributed by atoms with Gasteiger partial charge in [-0.2, -0.15) is 0 Å². The summed E-state index contributed by atoms with van der Waals surface area (Å²) in [7, 11) is 1.67. The van der Waals surface area contributed by atoms with Gasteiger partial charge >= 0.3 is 0 Å². The lowest BCUT2D eigenvalue weighted by atomic mass is 9.96. The lowest BCUT2D eigenvalue weighted by molar-refractivity contribution is -0.126. The van der Waals surface area contributed by atoms with Crippen LogP contribution < -0.4 is 10.2 Å². The number of nitrogens with one attached hydrogen (secondary N) is 1. The van der Waals surface area contributed by atoms with E-state index in [0.29, 0.717) is 19.7 Å². The Balaban J connectivity index is 1.57. The van der Waals surface area contributed by atoms with Gasteiger partial charge in [0.15, 0.2) is 0 Å². The Morgan fingerprint density at radius 2 is 2.20 bits per heavy atom. The number of rotatable bonds is 7. The second-order valence-electron chi connectivity index (χ2n) is 6.15. The van der Waals surface area contributed by atoms with Gasteiger partial charge in [0, 0.05) is 63.4 Å². The third kappa shape index (κ3) is 4.51. The molecule has 0 saturated carbocycles. The van der Waals surface area contributed by atoms with Gasteiger partial charge in [-0.25, -0.2) is 4.98 Å². The van der Waals surface area contributed by atoms with Crippen molar-refractivity contribution in [1.82, 2.24) is 20.3 Å². The van der Waals surface area contributed by atoms with Crippen molar-refractivity contribution >= 4 is 11.7 Å². The van der Waals surface area contributed by atoms with Crippen LogP contribution in [0.1, 0.15) is 5.69 Å². The second kappa shape index (κ2) is 8.53. The Kier molecular flexibility index (Phi) is 5.90. The van der Waals surface area contributed by atoms with Crippen LogP contribution in [-0.4, -0.2) is 54.2 Å². The average Bonchev–Trinajstić information content (AvgIpc) is 3.08. The maximum atomic E-state index is 12.6. The number of carbonyl (C=O) groups excluding carboxylic acids is 1. The molecule has 1 saturated heterocycles. The summed E-state index contributed by atoms with van der Waals surface area (Å²) < 4.78 is 5.31. The van der Waals surface area contributed by atoms with Crippen LogP contribution in [0.3, 0.4) is 0 Å². The summed E-state index contributed by atoms with van der Waals surface area (Å²) in [5.41, 5.74) is 0.976. The van der Waals surface area contributed by atoms with Gasteiger partial charge < -0.3 is 15.0 Å². The first-order valence-corrected chi connectivity index (χ1v) is 8.45. The number of hydrogen-bond acceptors (Lipinski definition) is 6. The summed E-state index contributed by atoms with van der Waals surface area (Å²) in [6.07, 6.45) is 7.53. The molecule has 1 fully saturated rings. The van der Waals surface area contributed by atoms with E-state index in [2.05, 4.69) is 25.2 Å². The van der Waals surface area contributed by atoms with Crippen LogP contribution in [0.5, 0.6) is 0 Å². The Morgan fingerprint density at radius 3 is 2.92 bits per heavy atom. The molecule has 7 nitrogen and oxygen atoms in total. The Hall–Kier alpha value is -2.54. The summed E-state index contributed by atoms with van der Waals surface area (Å²) >= 11 is 0. The predicted octanol–water partition coefficient (Wildman–Crippen LogP) is 0.929. The minimum absolute atomic E-state index is 0.0596. The Morgan fingerprint density at radius 1 is 1.28 bits per heavy atom. The van der Waals surface area contributed by atoms with Gasteiger partial charge in [-0.05, 0) is 12.1 Å². The highest BCUT2D eigenvalue weighted by Crippen LogP contribution is 2.27. The largest absolute Gasteiger partial charge is 0.384 e. The van der Waals surface area contributed by atoms with Crippen molar-refractivity contribution in [2.24, 2.45) is 11.8 Å². The number of methoxy groups -OCH3 is 1. The quantitative estimate of drug-likeness (QED) is 0.807. The van der Waals surface area contributed by atoms with Gasteiger partial charge in [0.2, 0.25) is 5.91 Å². The van der Waals surface area contributed by atoms with Crippen molar-refractivity contribution in [1.29, 1.82) is 0 Å². The monoisotopic (exact) mass is 341 g/mol. The normalized spacial score (nSPS) is 19.8. The van der Waals surface area contributed by atoms with Crippen molar-refractivity contribution in [3.05, 3.63) is 48.7 Å². The first-order chi connectivity index (χ1) is 12.3. The van der Waals surface area contributed by atoms with Crippen molar-refractivity contribution in [3.8, 4) is 0 Å². The number of anilines is 1. The maximum Gasteiger partial charge on any atom is 0.225 e. The average molecular weight is 341 g/mol. The van der Waals surface area contributed by atoms with E-state index < -0.39 is 0 Å². The molecule has 0 radical (unpaired) electrons. The van der Waals surface area contributed by atoms with Gasteiger partial charge in [0.1, 0.15) is 5.82 Å². The molecule has 0 unspecified atom stereocenters. The van der Waals surface area contributed by atoms with E-state index in [9.17, 15) is 4.79 Å². The molecule has 132 valence electrons. The number of carbonyl (C=O) groups is 1. The van der Waals surface area contributed by atoms with Crippen molar-refractivity contribution in [2.45, 2.75) is 6.42 Å². The van der Waals surface area contributed by atoms with Crippen molar-refractivity contribution < 1.29 is 9.53 Å². The third-order valence-electron chi connectivity index (χ3n) is 4.44. The van der Waals surface area contributed by atoms with E-state index in [-0.39, 0.29) is 17.7 Å². The first kappa shape index (κ1) is 17.3. The summed E-state index contributed by atoms with van der Waals surface area (Å²) in [6.45, 7) is 2.50. The predicted molar refractivity (Wildman–Crippen MR) is 94.1 cm³/mol. The number of amides is 1. The van der Waals surface area contributed by atoms with E-state index in [1.807, 2.05) is 18.2 Å². The molecule has 0 spiro atoms. The fourth-order valence-corrected chi connectivity index (χ4v) is 3.18. The summed E-state index contributed by atoms with van der Waals surface area (Å²) in [4.78, 5) is 27.5. The molecule has 3 rings (SSSR count). The van der Waals surface area contributed by atoms with E-state index in [1.54, 1.807) is 31.9 Å². The van der Waals surface area contributed by atoms with E-state index >= 15 is 0 Å². The maximum absolute atomic E-state index is 12.6. The highest BCUT2D eigenvalue weighted by atomic mass is 16.5. The SMILES string of the molecule is COC[C@@H]1CN(c2cnccn2)C[C@H]1C(=O)NCCc1ccccn1. The van der Waals surface area contributed by atoms with Gasteiger partial charge in [0.05, 0.1) is 18.7 Å². The molecular formula is C18H23N5O2. The molecule has 25 heavy (non-hydrogen) atoms. The first-order valence-electron chi connectivity index (χ1n) is 8.45. The van der Waals surface area contributed by atoms with Gasteiger partial charge in [-0.1, -0.05) is 6.07 Å². The second-order valence-corrected chi connectivity index (χ2v) is 6.15. The molecule has 0 aromatic carbocycles. The number of nitrogens with zero attached hydrogens (tertiary/aromatic N) is 4. The van der Waals surface area contributed by atoms with Crippen LogP contribution in [0.2, 0.25) is 0 Å². The number of hydrogen-bond donors (Lipinski definition) is 1. The summed E-state index contributed by atoms with van der Waals surface area (Å²) in [5.74, 6) is 0.879. The molecule has 1 aliphatic heterocycles. The van der Waals surface area contributed by atoms with Crippen LogP contribution >= 0.6 is 0 Å². The highest BCUT2D eigenvalue weighted by molar-refractivity contribution is 5.80. The molecule has 2 atom stereocenters. The lowest BCUT2D eigenvalue weighted by Gasteiger charge is -2.16. The van der Waals surface area contributed by atoms with Crippen LogP contribution in [0, 0.1) is 11.8 Å². The highest BCUT2D eigenvalue weighted by Gasteiger charge is 2.38. The van der Waals surface area contributed by atoms with Crippen LogP contribution in [0.25, 0.3) is 0 Å². The van der Waals surface area contributed by atoms with Gasteiger partial charge in [-0.3, -0.25) is 14.8 Å². The smallest absolute Gasteiger partial charge is 0.225 e. The number of ether oxygens (including phenoxy) is 1. The van der Waals surface area contributed by atoms with Crippen molar-refractivity contribution in [3.63, 3.8) is 0 Å². The number of pyridine rings is 1. The molecular weight excluding hydrogens is 318 g/mol. The molecule has 1 amide bonds. The Labute approximate surface area is 147 Å². The number of aromatic nitrogens is 3. The molecule has 0 aliphatic carbocycles. The van der Waals surface area contributed by atoms with Gasteiger partial charge in [-0.15, -0.1) is 0 Å². The standard InChI is InChI=1S/C18H23N5O2/c1-25-13-14-11-23(17-10-19-8-9-21-17)12-16(14)18(24)22-7-5-15-4-2-3-6-20-15/h2-4,6,8-10,14,16H,5,7,11-13H2,1H3,(H,22,24)/t14-,16+/m0/s1. The Bertz CT molecular complexity index is 668. The third-order valence-corrected chi connectivity index (χ3v) is 4.44. The molecule has 1 aliphatic rings. The van der Waals surface area contributed by atoms with E-state index in [1.165, 1.54) is 0 Å². The van der Waals surface area contributed by atoms with E-state index in [0.717, 1.165) is 24.5 Å². The molecule has 7 heteroatoms. The summed E-state index contributed by atoms with van der Waals surface area (Å²) in [5, 5.41) is 3.04. The van der Waals surface area contributed by atoms with Gasteiger partial charge in [0.25, 0.3) is 0 Å². The van der Waals surface area contributed by atoms with Crippen LogP contribution in [0.15, 0.2) is 43.0 Å². The minimum atomic E-state index is -0.120. The van der Waals surface area contributed by atoms with E-state index in [4.69, 9.17) is 4.74 Å². The van der Waals surface area contributed by atoms with Crippen molar-refractivity contribution in [2.75, 3.05) is 38.3 Å². The van der Waals surface area contributed by atoms with Crippen LogP contribution in [-0.2, 0) is 16.0 Å². The fraction of sp³-hybridized carbons (Fsp3) is 0.444. The topological polar surface area (TPSA) is 80.2 Å². The molecule has 2 aromatic rings. The van der Waals surface area contributed by atoms with Crippen LogP contribution in [0.4, 0.5) is 5.82 Å². The zero-order valence-electron chi connectivity index (χ0n) is 14.3. The fourth-order valence-electron chi connectivity index (χ4n) is 3.18. The summed E-state index contributed by atoms with van der Waals surface area (Å²) in [6, 6.07) is 5.80. The molecule has 1 N–H and O–H groups in total. The lowest BCUT2D eigenvalue weighted by Crippen LogP contribution is -2.37. The zero-order valence-corrected chi connectivity index (χ0v) is 14.3. The molecule has 2 aromatic heterocycles. The minimum Gasteiger partial charge on any atom is -0.384 e. The molecule has 3 heterocycles.